The van der Waals surface area contributed by atoms with Gasteiger partial charge in [-0.15, -0.1) is 0 Å². The largest absolute Gasteiger partial charge is 0.350 e. The highest BCUT2D eigenvalue weighted by Crippen LogP contribution is 2.21. The lowest BCUT2D eigenvalue weighted by molar-refractivity contribution is 0.0942. The van der Waals surface area contributed by atoms with Crippen LogP contribution in [-0.2, 0) is 0 Å². The number of hydrogen-bond acceptors (Lipinski definition) is 4. The van der Waals surface area contributed by atoms with E-state index >= 15 is 0 Å². The van der Waals surface area contributed by atoms with Gasteiger partial charge in [0.25, 0.3) is 5.91 Å². The van der Waals surface area contributed by atoms with Crippen LogP contribution in [0.1, 0.15) is 29.8 Å². The van der Waals surface area contributed by atoms with Crippen LogP contribution in [0.2, 0.25) is 0 Å². The Bertz CT molecular complexity index is 602. The van der Waals surface area contributed by atoms with E-state index in [4.69, 9.17) is 0 Å². The van der Waals surface area contributed by atoms with Gasteiger partial charge in [-0.25, -0.2) is 0 Å². The summed E-state index contributed by atoms with van der Waals surface area (Å²) in [6.45, 7) is 2.75. The second-order valence-electron chi connectivity index (χ2n) is 5.67. The molecule has 1 saturated heterocycles. The zero-order chi connectivity index (χ0) is 15.2. The lowest BCUT2D eigenvalue weighted by atomic mass is 10.0. The van der Waals surface area contributed by atoms with Gasteiger partial charge in [0.2, 0.25) is 0 Å². The molecular formula is C16H21N5O. The Morgan fingerprint density at radius 3 is 3.05 bits per heavy atom. The second-order valence-corrected chi connectivity index (χ2v) is 5.67. The third-order valence-corrected chi connectivity index (χ3v) is 4.06. The molecule has 2 aromatic heterocycles. The number of pyridine rings is 1. The van der Waals surface area contributed by atoms with E-state index in [1.807, 2.05) is 12.1 Å². The van der Waals surface area contributed by atoms with Crippen molar-refractivity contribution < 1.29 is 4.79 Å². The van der Waals surface area contributed by atoms with E-state index in [9.17, 15) is 4.79 Å². The number of nitrogens with one attached hydrogen (secondary N) is 3. The maximum absolute atomic E-state index is 12.4. The van der Waals surface area contributed by atoms with Crippen molar-refractivity contribution in [2.45, 2.75) is 19.3 Å². The van der Waals surface area contributed by atoms with Gasteiger partial charge < -0.3 is 10.6 Å². The van der Waals surface area contributed by atoms with Gasteiger partial charge >= 0.3 is 0 Å². The number of amides is 1. The zero-order valence-corrected chi connectivity index (χ0v) is 12.5. The fourth-order valence-electron chi connectivity index (χ4n) is 2.80. The van der Waals surface area contributed by atoms with Gasteiger partial charge in [0.05, 0.1) is 6.20 Å². The van der Waals surface area contributed by atoms with Crippen LogP contribution in [0.25, 0.3) is 11.1 Å². The van der Waals surface area contributed by atoms with E-state index in [0.717, 1.165) is 30.6 Å². The first kappa shape index (κ1) is 14.7. The van der Waals surface area contributed by atoms with Gasteiger partial charge in [-0.05, 0) is 49.5 Å². The number of rotatable bonds is 4. The van der Waals surface area contributed by atoms with Crippen molar-refractivity contribution in [3.63, 3.8) is 0 Å². The normalized spacial score (nSPS) is 18.6. The van der Waals surface area contributed by atoms with Crippen molar-refractivity contribution in [3.05, 3.63) is 36.4 Å². The molecule has 3 rings (SSSR count). The van der Waals surface area contributed by atoms with Crippen molar-refractivity contribution in [3.8, 4) is 11.1 Å². The molecule has 3 N–H and O–H groups in total. The van der Waals surface area contributed by atoms with E-state index in [1.165, 1.54) is 12.8 Å². The predicted molar refractivity (Wildman–Crippen MR) is 84.4 cm³/mol. The summed E-state index contributed by atoms with van der Waals surface area (Å²) >= 11 is 0. The Labute approximate surface area is 129 Å². The maximum atomic E-state index is 12.4. The Kier molecular flexibility index (Phi) is 4.80. The highest BCUT2D eigenvalue weighted by Gasteiger charge is 2.17. The third kappa shape index (κ3) is 3.51. The lowest BCUT2D eigenvalue weighted by Crippen LogP contribution is -2.33. The van der Waals surface area contributed by atoms with Crippen LogP contribution in [-0.4, -0.2) is 40.7 Å². The van der Waals surface area contributed by atoms with Crippen molar-refractivity contribution >= 4 is 5.91 Å². The zero-order valence-electron chi connectivity index (χ0n) is 12.5. The Hall–Kier alpha value is -2.21. The van der Waals surface area contributed by atoms with E-state index in [2.05, 4.69) is 25.8 Å². The first-order valence-corrected chi connectivity index (χ1v) is 7.77. The molecule has 116 valence electrons. The standard InChI is InChI=1S/C16H21N5O/c22-16(19-10-12-3-1-2-6-18-9-12)15-14(11-20-21-15)13-4-7-17-8-5-13/h4-5,7-8,11-12,18H,1-3,6,9-10H2,(H,19,22)(H,20,21). The van der Waals surface area contributed by atoms with E-state index in [-0.39, 0.29) is 5.91 Å². The molecule has 22 heavy (non-hydrogen) atoms. The summed E-state index contributed by atoms with van der Waals surface area (Å²) in [5.74, 6) is 0.396. The molecule has 3 heterocycles. The minimum absolute atomic E-state index is 0.103. The van der Waals surface area contributed by atoms with Crippen molar-refractivity contribution in [2.75, 3.05) is 19.6 Å². The SMILES string of the molecule is O=C(NCC1CCCCNC1)c1[nH]ncc1-c1ccncc1. The molecule has 1 unspecified atom stereocenters. The molecule has 0 bridgehead atoms. The number of aromatic amines is 1. The molecule has 6 nitrogen and oxygen atoms in total. The Balaban J connectivity index is 1.64. The molecule has 0 spiro atoms. The van der Waals surface area contributed by atoms with E-state index in [0.29, 0.717) is 18.2 Å². The first-order chi connectivity index (χ1) is 10.8. The number of carbonyl (C=O) groups excluding carboxylic acids is 1. The fraction of sp³-hybridized carbons (Fsp3) is 0.438. The van der Waals surface area contributed by atoms with E-state index < -0.39 is 0 Å². The van der Waals surface area contributed by atoms with Crippen LogP contribution in [0.3, 0.4) is 0 Å². The highest BCUT2D eigenvalue weighted by atomic mass is 16.1. The van der Waals surface area contributed by atoms with Crippen LogP contribution in [0, 0.1) is 5.92 Å². The van der Waals surface area contributed by atoms with Crippen LogP contribution >= 0.6 is 0 Å². The summed E-state index contributed by atoms with van der Waals surface area (Å²) in [7, 11) is 0. The summed E-state index contributed by atoms with van der Waals surface area (Å²) in [6, 6.07) is 3.74. The number of aromatic nitrogens is 3. The molecule has 0 radical (unpaired) electrons. The quantitative estimate of drug-likeness (QED) is 0.800. The summed E-state index contributed by atoms with van der Waals surface area (Å²) in [6.07, 6.45) is 8.70. The van der Waals surface area contributed by atoms with Gasteiger partial charge in [0.15, 0.2) is 0 Å². The summed E-state index contributed by atoms with van der Waals surface area (Å²) in [4.78, 5) is 16.4. The minimum Gasteiger partial charge on any atom is -0.350 e. The van der Waals surface area contributed by atoms with Gasteiger partial charge in [-0.3, -0.25) is 14.9 Å². The number of hydrogen-bond donors (Lipinski definition) is 3. The second kappa shape index (κ2) is 7.17. The minimum atomic E-state index is -0.103. The third-order valence-electron chi connectivity index (χ3n) is 4.06. The summed E-state index contributed by atoms with van der Waals surface area (Å²) in [5, 5.41) is 13.3. The van der Waals surface area contributed by atoms with Crippen LogP contribution in [0.15, 0.2) is 30.7 Å². The Morgan fingerprint density at radius 1 is 1.32 bits per heavy atom. The molecule has 6 heteroatoms. The van der Waals surface area contributed by atoms with Gasteiger partial charge in [-0.1, -0.05) is 6.42 Å². The number of nitrogens with zero attached hydrogens (tertiary/aromatic N) is 2. The average molecular weight is 299 g/mol. The maximum Gasteiger partial charge on any atom is 0.269 e. The van der Waals surface area contributed by atoms with Crippen LogP contribution in [0.5, 0.6) is 0 Å². The number of H-pyrrole nitrogens is 1. The monoisotopic (exact) mass is 299 g/mol. The molecule has 0 aromatic carbocycles. The lowest BCUT2D eigenvalue weighted by Gasteiger charge is -2.15. The smallest absolute Gasteiger partial charge is 0.269 e. The summed E-state index contributed by atoms with van der Waals surface area (Å²) < 4.78 is 0. The van der Waals surface area contributed by atoms with Crippen molar-refractivity contribution in [1.29, 1.82) is 0 Å². The average Bonchev–Trinajstić information content (AvgIpc) is 2.91. The molecule has 1 aliphatic heterocycles. The van der Waals surface area contributed by atoms with E-state index in [1.54, 1.807) is 18.6 Å². The van der Waals surface area contributed by atoms with Gasteiger partial charge in [0, 0.05) is 24.5 Å². The van der Waals surface area contributed by atoms with Crippen molar-refractivity contribution in [2.24, 2.45) is 5.92 Å². The van der Waals surface area contributed by atoms with Crippen LogP contribution in [0.4, 0.5) is 0 Å². The Morgan fingerprint density at radius 2 is 2.18 bits per heavy atom. The highest BCUT2D eigenvalue weighted by molar-refractivity contribution is 5.98. The summed E-state index contributed by atoms with van der Waals surface area (Å²) in [5.41, 5.74) is 2.25. The number of carbonyl (C=O) groups is 1. The molecule has 1 aliphatic rings. The van der Waals surface area contributed by atoms with Crippen LogP contribution < -0.4 is 10.6 Å². The molecule has 1 atom stereocenters. The van der Waals surface area contributed by atoms with Crippen molar-refractivity contribution in [1.82, 2.24) is 25.8 Å². The molecule has 1 amide bonds. The topological polar surface area (TPSA) is 82.7 Å². The molecule has 1 fully saturated rings. The molecule has 0 saturated carbocycles. The van der Waals surface area contributed by atoms with Gasteiger partial charge in [0.1, 0.15) is 5.69 Å². The fourth-order valence-corrected chi connectivity index (χ4v) is 2.80. The molecular weight excluding hydrogens is 278 g/mol. The molecule has 0 aliphatic carbocycles. The first-order valence-electron chi connectivity index (χ1n) is 7.77. The predicted octanol–water partition coefficient (Wildman–Crippen LogP) is 1.59. The molecule has 2 aromatic rings. The van der Waals surface area contributed by atoms with Gasteiger partial charge in [-0.2, -0.15) is 5.10 Å².